The Morgan fingerprint density at radius 3 is 2.72 bits per heavy atom. The van der Waals surface area contributed by atoms with Crippen molar-refractivity contribution in [3.8, 4) is 5.88 Å². The van der Waals surface area contributed by atoms with Gasteiger partial charge in [0.15, 0.2) is 5.82 Å². The van der Waals surface area contributed by atoms with Crippen molar-refractivity contribution in [1.82, 2.24) is 9.97 Å². The predicted octanol–water partition coefficient (Wildman–Crippen LogP) is 1.68. The van der Waals surface area contributed by atoms with Gasteiger partial charge >= 0.3 is 0 Å². The van der Waals surface area contributed by atoms with Crippen LogP contribution in [0.1, 0.15) is 27.2 Å². The Morgan fingerprint density at radius 2 is 2.11 bits per heavy atom. The van der Waals surface area contributed by atoms with Gasteiger partial charge in [-0.15, -0.1) is 0 Å². The van der Waals surface area contributed by atoms with E-state index >= 15 is 0 Å². The lowest BCUT2D eigenvalue weighted by Gasteiger charge is -2.26. The largest absolute Gasteiger partial charge is 0.476 e. The summed E-state index contributed by atoms with van der Waals surface area (Å²) in [7, 11) is 1.66. The third-order valence-electron chi connectivity index (χ3n) is 2.25. The van der Waals surface area contributed by atoms with Crippen LogP contribution < -0.4 is 15.8 Å². The van der Waals surface area contributed by atoms with Gasteiger partial charge in [-0.1, -0.05) is 6.92 Å². The zero-order chi connectivity index (χ0) is 13.6. The number of rotatable bonds is 7. The molecule has 6 heteroatoms. The maximum atomic E-state index is 5.97. The molecule has 1 aromatic heterocycles. The molecule has 0 aliphatic rings. The normalized spacial score (nSPS) is 11.3. The number of nitrogens with two attached hydrogens (primary N) is 1. The number of aromatic nitrogens is 2. The number of nitrogens with zero attached hydrogens (tertiary/aromatic N) is 2. The van der Waals surface area contributed by atoms with E-state index in [-0.39, 0.29) is 5.54 Å². The van der Waals surface area contributed by atoms with E-state index in [2.05, 4.69) is 15.3 Å². The van der Waals surface area contributed by atoms with Gasteiger partial charge in [-0.25, -0.2) is 4.98 Å². The Balaban J connectivity index is 2.83. The average Bonchev–Trinajstić information content (AvgIpc) is 2.30. The van der Waals surface area contributed by atoms with E-state index in [1.54, 1.807) is 7.11 Å². The molecule has 18 heavy (non-hydrogen) atoms. The second-order valence-corrected chi connectivity index (χ2v) is 4.73. The summed E-state index contributed by atoms with van der Waals surface area (Å²) >= 11 is 0. The predicted molar refractivity (Wildman–Crippen MR) is 71.8 cm³/mol. The smallest absolute Gasteiger partial charge is 0.242 e. The molecular weight excluding hydrogens is 232 g/mol. The monoisotopic (exact) mass is 254 g/mol. The highest BCUT2D eigenvalue weighted by molar-refractivity contribution is 5.67. The minimum Gasteiger partial charge on any atom is -0.476 e. The third-order valence-corrected chi connectivity index (χ3v) is 2.25. The van der Waals surface area contributed by atoms with Crippen molar-refractivity contribution in [2.45, 2.75) is 32.7 Å². The Morgan fingerprint density at radius 1 is 1.39 bits per heavy atom. The fraction of sp³-hybridized carbons (Fsp3) is 0.667. The van der Waals surface area contributed by atoms with E-state index in [1.165, 1.54) is 6.33 Å². The number of hydrogen-bond donors (Lipinski definition) is 2. The highest BCUT2D eigenvalue weighted by Gasteiger charge is 2.20. The van der Waals surface area contributed by atoms with E-state index < -0.39 is 0 Å². The standard InChI is InChI=1S/C12H22N4O2/c1-5-6-18-11-9(13)10(14-8-15-11)16-12(2,3)7-17-4/h8H,5-7,13H2,1-4H3,(H,14,15,16). The van der Waals surface area contributed by atoms with Gasteiger partial charge in [0, 0.05) is 7.11 Å². The van der Waals surface area contributed by atoms with E-state index in [0.29, 0.717) is 30.6 Å². The second-order valence-electron chi connectivity index (χ2n) is 4.73. The summed E-state index contributed by atoms with van der Waals surface area (Å²) in [6, 6.07) is 0. The first-order valence-corrected chi connectivity index (χ1v) is 6.00. The summed E-state index contributed by atoms with van der Waals surface area (Å²) in [5.41, 5.74) is 6.14. The lowest BCUT2D eigenvalue weighted by Crippen LogP contribution is -2.36. The van der Waals surface area contributed by atoms with Crippen molar-refractivity contribution in [3.63, 3.8) is 0 Å². The Hall–Kier alpha value is -1.56. The molecule has 0 saturated carbocycles. The molecule has 0 saturated heterocycles. The van der Waals surface area contributed by atoms with Crippen LogP contribution in [0.2, 0.25) is 0 Å². The summed E-state index contributed by atoms with van der Waals surface area (Å²) in [4.78, 5) is 8.15. The first-order valence-electron chi connectivity index (χ1n) is 6.00. The van der Waals surface area contributed by atoms with Crippen LogP contribution in [0, 0.1) is 0 Å². The van der Waals surface area contributed by atoms with Gasteiger partial charge in [0.2, 0.25) is 5.88 Å². The molecule has 1 aromatic rings. The van der Waals surface area contributed by atoms with Crippen molar-refractivity contribution >= 4 is 11.5 Å². The SMILES string of the molecule is CCCOc1ncnc(NC(C)(C)COC)c1N. The molecule has 3 N–H and O–H groups in total. The van der Waals surface area contributed by atoms with Gasteiger partial charge in [0.25, 0.3) is 0 Å². The van der Waals surface area contributed by atoms with Crippen molar-refractivity contribution in [1.29, 1.82) is 0 Å². The lowest BCUT2D eigenvalue weighted by atomic mass is 10.1. The highest BCUT2D eigenvalue weighted by atomic mass is 16.5. The molecule has 1 rings (SSSR count). The summed E-state index contributed by atoms with van der Waals surface area (Å²) in [5.74, 6) is 0.987. The number of hydrogen-bond acceptors (Lipinski definition) is 6. The van der Waals surface area contributed by atoms with Crippen molar-refractivity contribution in [2.75, 3.05) is 31.4 Å². The molecule has 6 nitrogen and oxygen atoms in total. The Bertz CT molecular complexity index is 382. The van der Waals surface area contributed by atoms with Gasteiger partial charge in [-0.3, -0.25) is 0 Å². The van der Waals surface area contributed by atoms with Crippen LogP contribution in [0.3, 0.4) is 0 Å². The molecule has 0 bridgehead atoms. The van der Waals surface area contributed by atoms with Gasteiger partial charge in [-0.2, -0.15) is 4.98 Å². The van der Waals surface area contributed by atoms with Crippen LogP contribution in [0.4, 0.5) is 11.5 Å². The molecule has 0 atom stereocenters. The average molecular weight is 254 g/mol. The first kappa shape index (κ1) is 14.5. The van der Waals surface area contributed by atoms with Crippen molar-refractivity contribution in [2.24, 2.45) is 0 Å². The molecule has 0 unspecified atom stereocenters. The van der Waals surface area contributed by atoms with Crippen LogP contribution in [0.25, 0.3) is 0 Å². The molecular formula is C12H22N4O2. The second kappa shape index (κ2) is 6.39. The van der Waals surface area contributed by atoms with Gasteiger partial charge in [0.1, 0.15) is 12.0 Å². The topological polar surface area (TPSA) is 82.3 Å². The van der Waals surface area contributed by atoms with E-state index in [1.807, 2.05) is 20.8 Å². The van der Waals surface area contributed by atoms with Crippen LogP contribution in [-0.4, -0.2) is 35.8 Å². The summed E-state index contributed by atoms with van der Waals surface area (Å²) in [6.07, 6.45) is 2.34. The summed E-state index contributed by atoms with van der Waals surface area (Å²) in [6.45, 7) is 7.16. The summed E-state index contributed by atoms with van der Waals surface area (Å²) < 4.78 is 10.6. The fourth-order valence-corrected chi connectivity index (χ4v) is 1.51. The quantitative estimate of drug-likeness (QED) is 0.770. The Kier molecular flexibility index (Phi) is 5.15. The molecule has 0 aromatic carbocycles. The maximum Gasteiger partial charge on any atom is 0.242 e. The van der Waals surface area contributed by atoms with Crippen molar-refractivity contribution in [3.05, 3.63) is 6.33 Å². The van der Waals surface area contributed by atoms with E-state index in [0.717, 1.165) is 6.42 Å². The number of ether oxygens (including phenoxy) is 2. The maximum absolute atomic E-state index is 5.97. The number of nitrogen functional groups attached to an aromatic ring is 1. The fourth-order valence-electron chi connectivity index (χ4n) is 1.51. The third kappa shape index (κ3) is 4.03. The molecule has 1 heterocycles. The van der Waals surface area contributed by atoms with Crippen molar-refractivity contribution < 1.29 is 9.47 Å². The molecule has 0 aliphatic heterocycles. The lowest BCUT2D eigenvalue weighted by molar-refractivity contribution is 0.158. The number of anilines is 2. The zero-order valence-corrected chi connectivity index (χ0v) is 11.5. The molecule has 102 valence electrons. The van der Waals surface area contributed by atoms with E-state index in [4.69, 9.17) is 15.2 Å². The highest BCUT2D eigenvalue weighted by Crippen LogP contribution is 2.27. The molecule has 0 aliphatic carbocycles. The minimum atomic E-state index is -0.265. The van der Waals surface area contributed by atoms with Gasteiger partial charge < -0.3 is 20.5 Å². The van der Waals surface area contributed by atoms with Crippen LogP contribution in [0.5, 0.6) is 5.88 Å². The zero-order valence-electron chi connectivity index (χ0n) is 11.5. The molecule has 0 amide bonds. The molecule has 0 spiro atoms. The number of nitrogens with one attached hydrogen (secondary N) is 1. The Labute approximate surface area is 108 Å². The minimum absolute atomic E-state index is 0.265. The van der Waals surface area contributed by atoms with Crippen LogP contribution in [-0.2, 0) is 4.74 Å². The summed E-state index contributed by atoms with van der Waals surface area (Å²) in [5, 5.41) is 3.22. The van der Waals surface area contributed by atoms with Crippen LogP contribution >= 0.6 is 0 Å². The van der Waals surface area contributed by atoms with E-state index in [9.17, 15) is 0 Å². The number of methoxy groups -OCH3 is 1. The molecule has 0 radical (unpaired) electrons. The van der Waals surface area contributed by atoms with Crippen LogP contribution in [0.15, 0.2) is 6.33 Å². The molecule has 0 fully saturated rings. The van der Waals surface area contributed by atoms with Gasteiger partial charge in [-0.05, 0) is 20.3 Å². The van der Waals surface area contributed by atoms with Gasteiger partial charge in [0.05, 0.1) is 18.8 Å². The first-order chi connectivity index (χ1) is 8.50.